The van der Waals surface area contributed by atoms with Gasteiger partial charge in [-0.15, -0.1) is 0 Å². The highest BCUT2D eigenvalue weighted by atomic mass is 16.2. The maximum absolute atomic E-state index is 11.7. The Morgan fingerprint density at radius 1 is 1.26 bits per heavy atom. The first kappa shape index (κ1) is 15.4. The average molecular weight is 262 g/mol. The minimum Gasteiger partial charge on any atom is -0.347 e. The summed E-state index contributed by atoms with van der Waals surface area (Å²) in [7, 11) is 0. The van der Waals surface area contributed by atoms with E-state index in [1.54, 1.807) is 0 Å². The summed E-state index contributed by atoms with van der Waals surface area (Å²) in [6.07, 6.45) is 4.31. The van der Waals surface area contributed by atoms with Crippen LogP contribution in [0.3, 0.4) is 0 Å². The Kier molecular flexibility index (Phi) is 7.51. The van der Waals surface area contributed by atoms with Crippen molar-refractivity contribution in [2.75, 3.05) is 6.54 Å². The van der Waals surface area contributed by atoms with E-state index in [0.29, 0.717) is 25.8 Å². The fourth-order valence-electron chi connectivity index (χ4n) is 1.86. The molecule has 0 aromatic heterocycles. The van der Waals surface area contributed by atoms with E-state index in [9.17, 15) is 9.59 Å². The maximum atomic E-state index is 11.7. The fourth-order valence-corrected chi connectivity index (χ4v) is 1.86. The number of unbranched alkanes of at least 4 members (excludes halogenated alkanes) is 1. The number of nitrogens with two attached hydrogens (primary N) is 1. The maximum Gasteiger partial charge on any atom is 0.220 e. The number of carbonyl (C=O) groups is 2. The molecular formula is C15H22N2O2. The average Bonchev–Trinajstić information content (AvgIpc) is 2.45. The highest BCUT2D eigenvalue weighted by Crippen LogP contribution is 2.03. The van der Waals surface area contributed by atoms with Gasteiger partial charge in [0, 0.05) is 6.42 Å². The normalized spacial score (nSPS) is 11.8. The minimum atomic E-state index is -0.380. The molecule has 0 unspecified atom stereocenters. The molecule has 4 heteroatoms. The van der Waals surface area contributed by atoms with Crippen LogP contribution < -0.4 is 11.1 Å². The van der Waals surface area contributed by atoms with Crippen molar-refractivity contribution >= 4 is 12.2 Å². The molecule has 0 saturated heterocycles. The number of nitrogens with one attached hydrogen (secondary N) is 1. The van der Waals surface area contributed by atoms with Crippen molar-refractivity contribution in [3.63, 3.8) is 0 Å². The van der Waals surface area contributed by atoms with Gasteiger partial charge in [-0.3, -0.25) is 4.79 Å². The summed E-state index contributed by atoms with van der Waals surface area (Å²) in [6, 6.07) is 9.46. The Morgan fingerprint density at radius 3 is 2.63 bits per heavy atom. The first-order valence-electron chi connectivity index (χ1n) is 6.75. The van der Waals surface area contributed by atoms with E-state index in [1.165, 1.54) is 0 Å². The van der Waals surface area contributed by atoms with Crippen LogP contribution in [0.5, 0.6) is 0 Å². The van der Waals surface area contributed by atoms with Crippen molar-refractivity contribution in [1.82, 2.24) is 5.32 Å². The van der Waals surface area contributed by atoms with Crippen LogP contribution in [-0.4, -0.2) is 24.8 Å². The number of aldehydes is 1. The van der Waals surface area contributed by atoms with Crippen LogP contribution >= 0.6 is 0 Å². The number of benzene rings is 1. The topological polar surface area (TPSA) is 72.2 Å². The third-order valence-electron chi connectivity index (χ3n) is 2.96. The monoisotopic (exact) mass is 262 g/mol. The van der Waals surface area contributed by atoms with E-state index in [-0.39, 0.29) is 11.9 Å². The summed E-state index contributed by atoms with van der Waals surface area (Å²) in [6.45, 7) is 0.619. The highest BCUT2D eigenvalue weighted by Gasteiger charge is 2.10. The fraction of sp³-hybridized carbons (Fsp3) is 0.467. The van der Waals surface area contributed by atoms with Gasteiger partial charge >= 0.3 is 0 Å². The molecule has 0 aliphatic carbocycles. The molecule has 3 N–H and O–H groups in total. The molecule has 0 radical (unpaired) electrons. The second kappa shape index (κ2) is 9.28. The molecule has 0 spiro atoms. The lowest BCUT2D eigenvalue weighted by Gasteiger charge is -2.12. The molecule has 1 rings (SSSR count). The standard InChI is InChI=1S/C15H22N2O2/c16-11-5-4-8-14(12-18)17-15(19)10-9-13-6-2-1-3-7-13/h1-3,6-7,12,14H,4-5,8-11,16H2,(H,17,19)/t14-/m0/s1. The van der Waals surface area contributed by atoms with Crippen molar-refractivity contribution in [1.29, 1.82) is 0 Å². The Balaban J connectivity index is 2.27. The molecule has 0 aliphatic heterocycles. The first-order valence-corrected chi connectivity index (χ1v) is 6.75. The van der Waals surface area contributed by atoms with Gasteiger partial charge in [0.25, 0.3) is 0 Å². The van der Waals surface area contributed by atoms with Crippen LogP contribution in [0.2, 0.25) is 0 Å². The molecule has 0 bridgehead atoms. The number of carbonyl (C=O) groups excluding carboxylic acids is 2. The van der Waals surface area contributed by atoms with Gasteiger partial charge in [-0.2, -0.15) is 0 Å². The summed E-state index contributed by atoms with van der Waals surface area (Å²) < 4.78 is 0. The summed E-state index contributed by atoms with van der Waals surface area (Å²) in [5, 5.41) is 2.75. The SMILES string of the molecule is NCCCC[C@@H](C=O)NC(=O)CCc1ccccc1. The van der Waals surface area contributed by atoms with Gasteiger partial charge in [0.05, 0.1) is 6.04 Å². The largest absolute Gasteiger partial charge is 0.347 e. The molecule has 1 amide bonds. The number of rotatable bonds is 9. The first-order chi connectivity index (χ1) is 9.26. The lowest BCUT2D eigenvalue weighted by molar-refractivity contribution is -0.124. The van der Waals surface area contributed by atoms with Gasteiger partial charge in [-0.05, 0) is 37.8 Å². The van der Waals surface area contributed by atoms with Crippen molar-refractivity contribution in [3.8, 4) is 0 Å². The van der Waals surface area contributed by atoms with Gasteiger partial charge in [-0.1, -0.05) is 30.3 Å². The van der Waals surface area contributed by atoms with E-state index in [4.69, 9.17) is 5.73 Å². The van der Waals surface area contributed by atoms with Gasteiger partial charge in [0.15, 0.2) is 0 Å². The molecule has 0 heterocycles. The summed E-state index contributed by atoms with van der Waals surface area (Å²) in [5.41, 5.74) is 6.52. The third-order valence-corrected chi connectivity index (χ3v) is 2.96. The van der Waals surface area contributed by atoms with Gasteiger partial charge < -0.3 is 15.8 Å². The second-order valence-corrected chi connectivity index (χ2v) is 4.58. The lowest BCUT2D eigenvalue weighted by atomic mass is 10.1. The molecule has 104 valence electrons. The molecule has 0 aliphatic rings. The predicted octanol–water partition coefficient (Wildman–Crippen LogP) is 1.43. The number of hydrogen-bond donors (Lipinski definition) is 2. The van der Waals surface area contributed by atoms with Crippen molar-refractivity contribution in [2.45, 2.75) is 38.1 Å². The van der Waals surface area contributed by atoms with Gasteiger partial charge in [0.2, 0.25) is 5.91 Å². The zero-order chi connectivity index (χ0) is 13.9. The van der Waals surface area contributed by atoms with Crippen LogP contribution in [0.15, 0.2) is 30.3 Å². The molecule has 0 saturated carbocycles. The third kappa shape index (κ3) is 6.72. The van der Waals surface area contributed by atoms with Crippen LogP contribution in [-0.2, 0) is 16.0 Å². The molecular weight excluding hydrogens is 240 g/mol. The van der Waals surface area contributed by atoms with Crippen LogP contribution in [0, 0.1) is 0 Å². The van der Waals surface area contributed by atoms with Gasteiger partial charge in [0.1, 0.15) is 6.29 Å². The molecule has 19 heavy (non-hydrogen) atoms. The molecule has 1 atom stereocenters. The van der Waals surface area contributed by atoms with E-state index in [1.807, 2.05) is 30.3 Å². The minimum absolute atomic E-state index is 0.0753. The van der Waals surface area contributed by atoms with E-state index >= 15 is 0 Å². The van der Waals surface area contributed by atoms with Gasteiger partial charge in [-0.25, -0.2) is 0 Å². The molecule has 1 aromatic carbocycles. The number of amides is 1. The Morgan fingerprint density at radius 2 is 2.00 bits per heavy atom. The lowest BCUT2D eigenvalue weighted by Crippen LogP contribution is -2.36. The van der Waals surface area contributed by atoms with Crippen molar-refractivity contribution < 1.29 is 9.59 Å². The molecule has 4 nitrogen and oxygen atoms in total. The van der Waals surface area contributed by atoms with Crippen LogP contribution in [0.1, 0.15) is 31.2 Å². The molecule has 0 fully saturated rings. The summed E-state index contributed by atoms with van der Waals surface area (Å²) in [4.78, 5) is 22.6. The predicted molar refractivity (Wildman–Crippen MR) is 75.7 cm³/mol. The van der Waals surface area contributed by atoms with Crippen molar-refractivity contribution in [3.05, 3.63) is 35.9 Å². The number of aryl methyl sites for hydroxylation is 1. The van der Waals surface area contributed by atoms with Crippen LogP contribution in [0.4, 0.5) is 0 Å². The Hall–Kier alpha value is -1.68. The zero-order valence-corrected chi connectivity index (χ0v) is 11.2. The summed E-state index contributed by atoms with van der Waals surface area (Å²) >= 11 is 0. The van der Waals surface area contributed by atoms with Crippen molar-refractivity contribution in [2.24, 2.45) is 5.73 Å². The summed E-state index contributed by atoms with van der Waals surface area (Å²) in [5.74, 6) is -0.0753. The zero-order valence-electron chi connectivity index (χ0n) is 11.2. The quantitative estimate of drug-likeness (QED) is 0.522. The van der Waals surface area contributed by atoms with E-state index in [0.717, 1.165) is 24.7 Å². The van der Waals surface area contributed by atoms with E-state index in [2.05, 4.69) is 5.32 Å². The highest BCUT2D eigenvalue weighted by molar-refractivity contribution is 5.79. The Bertz CT molecular complexity index is 379. The van der Waals surface area contributed by atoms with E-state index < -0.39 is 0 Å². The second-order valence-electron chi connectivity index (χ2n) is 4.58. The van der Waals surface area contributed by atoms with Crippen LogP contribution in [0.25, 0.3) is 0 Å². The number of hydrogen-bond acceptors (Lipinski definition) is 3. The molecule has 1 aromatic rings. The smallest absolute Gasteiger partial charge is 0.220 e. The Labute approximate surface area is 114 Å².